The topological polar surface area (TPSA) is 60.2 Å². The second-order valence-corrected chi connectivity index (χ2v) is 5.71. The zero-order chi connectivity index (χ0) is 11.1. The van der Waals surface area contributed by atoms with Gasteiger partial charge in [0.15, 0.2) is 0 Å². The Morgan fingerprint density at radius 3 is 2.53 bits per heavy atom. The quantitative estimate of drug-likeness (QED) is 0.616. The Morgan fingerprint density at radius 2 is 1.87 bits per heavy atom. The normalized spacial score (nSPS) is 11.8. The van der Waals surface area contributed by atoms with E-state index in [9.17, 15) is 8.42 Å². The number of halogens is 1. The highest BCUT2D eigenvalue weighted by Gasteiger charge is 2.13. The van der Waals surface area contributed by atoms with Gasteiger partial charge in [0, 0.05) is 21.8 Å². The predicted molar refractivity (Wildman–Crippen MR) is 61.4 cm³/mol. The molecule has 0 heterocycles. The zero-order valence-electron chi connectivity index (χ0n) is 7.64. The van der Waals surface area contributed by atoms with Crippen LogP contribution >= 0.6 is 10.7 Å². The van der Waals surface area contributed by atoms with Crippen molar-refractivity contribution in [3.05, 3.63) is 36.4 Å². The molecule has 2 N–H and O–H groups in total. The van der Waals surface area contributed by atoms with E-state index < -0.39 is 9.05 Å². The SMILES string of the molecule is Nc1ccc2cccc(S(=O)(=O)Cl)c2c1. The summed E-state index contributed by atoms with van der Waals surface area (Å²) in [4.78, 5) is 0.0916. The molecule has 0 spiro atoms. The summed E-state index contributed by atoms with van der Waals surface area (Å²) in [7, 11) is 1.59. The van der Waals surface area contributed by atoms with Crippen molar-refractivity contribution < 1.29 is 8.42 Å². The van der Waals surface area contributed by atoms with E-state index in [4.69, 9.17) is 16.4 Å². The van der Waals surface area contributed by atoms with E-state index in [2.05, 4.69) is 0 Å². The molecule has 2 aromatic rings. The van der Waals surface area contributed by atoms with Crippen LogP contribution in [0.1, 0.15) is 0 Å². The predicted octanol–water partition coefficient (Wildman–Crippen LogP) is 2.35. The molecule has 0 saturated carbocycles. The minimum Gasteiger partial charge on any atom is -0.399 e. The summed E-state index contributed by atoms with van der Waals surface area (Å²) in [5, 5.41) is 1.35. The van der Waals surface area contributed by atoms with E-state index >= 15 is 0 Å². The van der Waals surface area contributed by atoms with Gasteiger partial charge in [-0.15, -0.1) is 0 Å². The lowest BCUT2D eigenvalue weighted by Crippen LogP contribution is -1.93. The van der Waals surface area contributed by atoms with Gasteiger partial charge in [-0.1, -0.05) is 18.2 Å². The minimum absolute atomic E-state index is 0.0916. The van der Waals surface area contributed by atoms with Gasteiger partial charge in [0.05, 0.1) is 4.90 Å². The fourth-order valence-corrected chi connectivity index (χ4v) is 2.56. The Bertz CT molecular complexity index is 622. The molecule has 0 atom stereocenters. The fourth-order valence-electron chi connectivity index (χ4n) is 1.47. The van der Waals surface area contributed by atoms with Gasteiger partial charge in [-0.2, -0.15) is 0 Å². The highest BCUT2D eigenvalue weighted by molar-refractivity contribution is 8.14. The maximum absolute atomic E-state index is 11.3. The van der Waals surface area contributed by atoms with E-state index in [0.29, 0.717) is 11.1 Å². The lowest BCUT2D eigenvalue weighted by Gasteiger charge is -2.03. The number of benzene rings is 2. The van der Waals surface area contributed by atoms with Crippen LogP contribution in [0.15, 0.2) is 41.3 Å². The van der Waals surface area contributed by atoms with Crippen LogP contribution < -0.4 is 5.73 Å². The average Bonchev–Trinajstić information content (AvgIpc) is 2.15. The van der Waals surface area contributed by atoms with Crippen molar-refractivity contribution in [2.45, 2.75) is 4.90 Å². The van der Waals surface area contributed by atoms with E-state index in [0.717, 1.165) is 5.39 Å². The highest BCUT2D eigenvalue weighted by atomic mass is 35.7. The monoisotopic (exact) mass is 241 g/mol. The first kappa shape index (κ1) is 10.3. The molecular formula is C10H8ClNO2S. The molecular weight excluding hydrogens is 234 g/mol. The van der Waals surface area contributed by atoms with Crippen LogP contribution in [0.5, 0.6) is 0 Å². The molecule has 2 rings (SSSR count). The Morgan fingerprint density at radius 1 is 1.13 bits per heavy atom. The summed E-state index contributed by atoms with van der Waals surface area (Å²) >= 11 is 0. The van der Waals surface area contributed by atoms with Crippen LogP contribution in [-0.4, -0.2) is 8.42 Å². The summed E-state index contributed by atoms with van der Waals surface area (Å²) in [6, 6.07) is 9.99. The number of anilines is 1. The zero-order valence-corrected chi connectivity index (χ0v) is 9.22. The van der Waals surface area contributed by atoms with E-state index in [1.807, 2.05) is 0 Å². The lowest BCUT2D eigenvalue weighted by atomic mass is 10.1. The molecule has 0 aromatic heterocycles. The molecule has 0 aliphatic heterocycles. The molecule has 0 bridgehead atoms. The molecule has 3 nitrogen and oxygen atoms in total. The first-order valence-electron chi connectivity index (χ1n) is 4.21. The summed E-state index contributed by atoms with van der Waals surface area (Å²) in [5.41, 5.74) is 6.11. The number of rotatable bonds is 1. The van der Waals surface area contributed by atoms with E-state index in [-0.39, 0.29) is 4.90 Å². The Hall–Kier alpha value is -1.26. The molecule has 0 saturated heterocycles. The maximum Gasteiger partial charge on any atom is 0.261 e. The van der Waals surface area contributed by atoms with Crippen LogP contribution in [-0.2, 0) is 9.05 Å². The number of hydrogen-bond acceptors (Lipinski definition) is 3. The molecule has 0 aliphatic carbocycles. The van der Waals surface area contributed by atoms with Gasteiger partial charge in [0.2, 0.25) is 0 Å². The summed E-state index contributed by atoms with van der Waals surface area (Å²) < 4.78 is 22.6. The third-order valence-corrected chi connectivity index (χ3v) is 3.51. The van der Waals surface area contributed by atoms with Crippen molar-refractivity contribution in [1.29, 1.82) is 0 Å². The van der Waals surface area contributed by atoms with Crippen molar-refractivity contribution in [3.63, 3.8) is 0 Å². The first-order chi connectivity index (χ1) is 6.98. The molecule has 5 heteroatoms. The van der Waals surface area contributed by atoms with Crippen LogP contribution in [0.3, 0.4) is 0 Å². The molecule has 0 amide bonds. The van der Waals surface area contributed by atoms with Crippen molar-refractivity contribution in [2.75, 3.05) is 5.73 Å². The standard InChI is InChI=1S/C10H8ClNO2S/c11-15(13,14)10-3-1-2-7-4-5-8(12)6-9(7)10/h1-6H,12H2. The average molecular weight is 242 g/mol. The summed E-state index contributed by atoms with van der Waals surface area (Å²) in [6.45, 7) is 0. The van der Waals surface area contributed by atoms with Gasteiger partial charge in [0.1, 0.15) is 0 Å². The maximum atomic E-state index is 11.3. The van der Waals surface area contributed by atoms with Gasteiger partial charge >= 0.3 is 0 Å². The highest BCUT2D eigenvalue weighted by Crippen LogP contribution is 2.27. The van der Waals surface area contributed by atoms with Gasteiger partial charge in [-0.3, -0.25) is 0 Å². The van der Waals surface area contributed by atoms with Crippen LogP contribution in [0, 0.1) is 0 Å². The smallest absolute Gasteiger partial charge is 0.261 e. The molecule has 2 aromatic carbocycles. The number of fused-ring (bicyclic) bond motifs is 1. The van der Waals surface area contributed by atoms with Gasteiger partial charge in [-0.25, -0.2) is 8.42 Å². The van der Waals surface area contributed by atoms with Crippen LogP contribution in [0.4, 0.5) is 5.69 Å². The second-order valence-electron chi connectivity index (χ2n) is 3.17. The van der Waals surface area contributed by atoms with E-state index in [1.54, 1.807) is 30.3 Å². The summed E-state index contributed by atoms with van der Waals surface area (Å²) in [6.07, 6.45) is 0. The number of nitrogens with two attached hydrogens (primary N) is 1. The van der Waals surface area contributed by atoms with Crippen LogP contribution in [0.2, 0.25) is 0 Å². The molecule has 0 aliphatic rings. The van der Waals surface area contributed by atoms with Gasteiger partial charge in [-0.05, 0) is 23.6 Å². The first-order valence-corrected chi connectivity index (χ1v) is 6.52. The molecule has 78 valence electrons. The molecule has 0 fully saturated rings. The fraction of sp³-hybridized carbons (Fsp3) is 0. The number of nitrogen functional groups attached to an aromatic ring is 1. The lowest BCUT2D eigenvalue weighted by molar-refractivity contribution is 0.610. The third kappa shape index (κ3) is 1.91. The van der Waals surface area contributed by atoms with Crippen molar-refractivity contribution in [3.8, 4) is 0 Å². The molecule has 0 radical (unpaired) electrons. The second kappa shape index (κ2) is 3.40. The Balaban J connectivity index is 2.92. The Kier molecular flexibility index (Phi) is 2.32. The third-order valence-electron chi connectivity index (χ3n) is 2.13. The van der Waals surface area contributed by atoms with E-state index in [1.165, 1.54) is 6.07 Å². The van der Waals surface area contributed by atoms with Gasteiger partial charge < -0.3 is 5.73 Å². The van der Waals surface area contributed by atoms with Crippen molar-refractivity contribution >= 4 is 36.2 Å². The minimum atomic E-state index is -3.73. The van der Waals surface area contributed by atoms with Crippen molar-refractivity contribution in [2.24, 2.45) is 0 Å². The molecule has 0 unspecified atom stereocenters. The van der Waals surface area contributed by atoms with Crippen LogP contribution in [0.25, 0.3) is 10.8 Å². The number of hydrogen-bond donors (Lipinski definition) is 1. The molecule has 15 heavy (non-hydrogen) atoms. The largest absolute Gasteiger partial charge is 0.399 e. The van der Waals surface area contributed by atoms with Crippen molar-refractivity contribution in [1.82, 2.24) is 0 Å². The van der Waals surface area contributed by atoms with Gasteiger partial charge in [0.25, 0.3) is 9.05 Å². The Labute approximate surface area is 91.9 Å². The summed E-state index contributed by atoms with van der Waals surface area (Å²) in [5.74, 6) is 0.